The number of fused-ring (bicyclic) bond motifs is 1. The molecule has 2 aliphatic heterocycles. The fraction of sp³-hybridized carbons (Fsp3) is 0.150. The molecule has 1 fully saturated rings. The van der Waals surface area contributed by atoms with E-state index in [1.54, 1.807) is 0 Å². The van der Waals surface area contributed by atoms with Crippen LogP contribution in [0.15, 0.2) is 66.4 Å². The first-order chi connectivity index (χ1) is 12.7. The molecule has 2 heterocycles. The van der Waals surface area contributed by atoms with Gasteiger partial charge >= 0.3 is 5.97 Å². The Balaban J connectivity index is 1.72. The molecule has 2 aromatic rings. The highest BCUT2D eigenvalue weighted by Crippen LogP contribution is 2.41. The van der Waals surface area contributed by atoms with E-state index in [1.807, 2.05) is 60.7 Å². The molecule has 6 heteroatoms. The lowest BCUT2D eigenvalue weighted by Gasteiger charge is -2.35. The largest absolute Gasteiger partial charge is 0.456 e. The first kappa shape index (κ1) is 16.5. The highest BCUT2D eigenvalue weighted by Gasteiger charge is 2.52. The van der Waals surface area contributed by atoms with Crippen LogP contribution in [0.3, 0.4) is 0 Å². The Morgan fingerprint density at radius 2 is 1.73 bits per heavy atom. The average Bonchev–Trinajstić information content (AvgIpc) is 2.96. The first-order valence-corrected chi connectivity index (χ1v) is 8.94. The summed E-state index contributed by atoms with van der Waals surface area (Å²) in [5.41, 5.74) is 2.28. The number of benzene rings is 2. The Kier molecular flexibility index (Phi) is 4.26. The molecule has 26 heavy (non-hydrogen) atoms. The van der Waals surface area contributed by atoms with Gasteiger partial charge in [-0.2, -0.15) is 0 Å². The Morgan fingerprint density at radius 3 is 2.35 bits per heavy atom. The molecule has 0 radical (unpaired) electrons. The van der Waals surface area contributed by atoms with E-state index in [0.29, 0.717) is 21.7 Å². The zero-order chi connectivity index (χ0) is 18.1. The van der Waals surface area contributed by atoms with Gasteiger partial charge in [0.15, 0.2) is 0 Å². The number of hydrogen-bond acceptors (Lipinski definition) is 4. The number of amides is 1. The van der Waals surface area contributed by atoms with Crippen LogP contribution in [-0.2, 0) is 32.2 Å². The minimum atomic E-state index is -0.588. The second-order valence-corrected chi connectivity index (χ2v) is 6.69. The molecule has 2 aliphatic rings. The quantitative estimate of drug-likeness (QED) is 0.473. The number of rotatable bonds is 4. The number of esters is 1. The van der Waals surface area contributed by atoms with Gasteiger partial charge < -0.3 is 4.74 Å². The van der Waals surface area contributed by atoms with Gasteiger partial charge in [0.25, 0.3) is 0 Å². The van der Waals surface area contributed by atoms with Gasteiger partial charge in [-0.1, -0.05) is 60.7 Å². The zero-order valence-electron chi connectivity index (χ0n) is 13.8. The predicted molar refractivity (Wildman–Crippen MR) is 98.0 cm³/mol. The fourth-order valence-corrected chi connectivity index (χ4v) is 3.88. The molecule has 1 atom stereocenters. The summed E-state index contributed by atoms with van der Waals surface area (Å²) in [6.45, 7) is 0.109. The predicted octanol–water partition coefficient (Wildman–Crippen LogP) is 2.14. The van der Waals surface area contributed by atoms with Gasteiger partial charge in [-0.3, -0.25) is 9.69 Å². The standard InChI is InChI=1S/C20H15NO4S/c22-16-11-15-19(26-24)17(14-9-5-2-6-10-14)18(21(15)16)20(23)25-12-13-7-3-1-4-8-13/h1-10,15H,11-12H2. The number of nitrogens with zero attached hydrogens (tertiary/aromatic N) is 1. The normalized spacial score (nSPS) is 18.5. The maximum absolute atomic E-state index is 12.8. The van der Waals surface area contributed by atoms with Gasteiger partial charge in [-0.05, 0) is 11.1 Å². The summed E-state index contributed by atoms with van der Waals surface area (Å²) in [6.07, 6.45) is 0.246. The topological polar surface area (TPSA) is 63.7 Å². The SMILES string of the molecule is O=S=C1C(c2ccccc2)=C(C(=O)OCc2ccccc2)N2C(=O)CC12. The molecule has 0 spiro atoms. The van der Waals surface area contributed by atoms with E-state index in [0.717, 1.165) is 11.1 Å². The smallest absolute Gasteiger partial charge is 0.356 e. The van der Waals surface area contributed by atoms with E-state index in [-0.39, 0.29) is 30.7 Å². The number of hydrogen-bond donors (Lipinski definition) is 0. The summed E-state index contributed by atoms with van der Waals surface area (Å²) in [6, 6.07) is 18.2. The second-order valence-electron chi connectivity index (χ2n) is 6.08. The van der Waals surface area contributed by atoms with Crippen molar-refractivity contribution in [2.45, 2.75) is 19.1 Å². The van der Waals surface area contributed by atoms with Crippen LogP contribution in [-0.4, -0.2) is 31.9 Å². The Bertz CT molecular complexity index is 962. The third kappa shape index (κ3) is 2.68. The van der Waals surface area contributed by atoms with E-state index < -0.39 is 5.97 Å². The Morgan fingerprint density at radius 1 is 1.08 bits per heavy atom. The van der Waals surface area contributed by atoms with Gasteiger partial charge in [-0.25, -0.2) is 9.00 Å². The first-order valence-electron chi connectivity index (χ1n) is 8.20. The van der Waals surface area contributed by atoms with E-state index >= 15 is 0 Å². The molecule has 0 saturated carbocycles. The fourth-order valence-electron chi connectivity index (χ4n) is 3.28. The van der Waals surface area contributed by atoms with Crippen molar-refractivity contribution in [2.24, 2.45) is 0 Å². The van der Waals surface area contributed by atoms with Gasteiger partial charge in [0, 0.05) is 5.57 Å². The minimum absolute atomic E-state index is 0.109. The third-order valence-electron chi connectivity index (χ3n) is 4.53. The van der Waals surface area contributed by atoms with Crippen molar-refractivity contribution in [3.05, 3.63) is 77.5 Å². The summed E-state index contributed by atoms with van der Waals surface area (Å²) in [5, 5.41) is 0. The molecule has 4 rings (SSSR count). The molecule has 1 saturated heterocycles. The molecule has 1 amide bonds. The van der Waals surface area contributed by atoms with Crippen LogP contribution in [0.5, 0.6) is 0 Å². The second kappa shape index (κ2) is 6.72. The molecular weight excluding hydrogens is 350 g/mol. The van der Waals surface area contributed by atoms with Gasteiger partial charge in [0.1, 0.15) is 12.3 Å². The maximum atomic E-state index is 12.8. The molecule has 130 valence electrons. The molecule has 0 aliphatic carbocycles. The molecule has 0 N–H and O–H groups in total. The van der Waals surface area contributed by atoms with E-state index in [9.17, 15) is 13.8 Å². The summed E-state index contributed by atoms with van der Waals surface area (Å²) < 4.78 is 17.2. The highest BCUT2D eigenvalue weighted by molar-refractivity contribution is 7.68. The van der Waals surface area contributed by atoms with Gasteiger partial charge in [0.2, 0.25) is 5.91 Å². The van der Waals surface area contributed by atoms with Crippen LogP contribution in [0.1, 0.15) is 17.5 Å². The number of carbonyl (C=O) groups excluding carboxylic acids is 2. The lowest BCUT2D eigenvalue weighted by atomic mass is 9.97. The van der Waals surface area contributed by atoms with Crippen molar-refractivity contribution in [3.63, 3.8) is 0 Å². The number of carbonyl (C=O) groups is 2. The number of β-lactam (4-membered cyclic amide) rings is 1. The van der Waals surface area contributed by atoms with Crippen molar-refractivity contribution >= 4 is 33.6 Å². The van der Waals surface area contributed by atoms with Crippen LogP contribution < -0.4 is 0 Å². The molecule has 5 nitrogen and oxygen atoms in total. The average molecular weight is 365 g/mol. The molecule has 2 aromatic carbocycles. The lowest BCUT2D eigenvalue weighted by molar-refractivity contribution is -0.149. The van der Waals surface area contributed by atoms with Crippen molar-refractivity contribution in [1.82, 2.24) is 4.90 Å². The monoisotopic (exact) mass is 365 g/mol. The summed E-state index contributed by atoms with van der Waals surface area (Å²) >= 11 is 0.343. The molecule has 0 bridgehead atoms. The van der Waals surface area contributed by atoms with Crippen molar-refractivity contribution in [2.75, 3.05) is 0 Å². The zero-order valence-corrected chi connectivity index (χ0v) is 14.6. The third-order valence-corrected chi connectivity index (χ3v) is 5.19. The van der Waals surface area contributed by atoms with E-state index in [4.69, 9.17) is 4.74 Å². The Labute approximate surface area is 154 Å². The maximum Gasteiger partial charge on any atom is 0.356 e. The van der Waals surface area contributed by atoms with Gasteiger partial charge in [-0.15, -0.1) is 0 Å². The minimum Gasteiger partial charge on any atom is -0.456 e. The molecule has 1 unspecified atom stereocenters. The van der Waals surface area contributed by atoms with E-state index in [1.165, 1.54) is 4.90 Å². The Hall–Kier alpha value is -2.99. The molecule has 0 aromatic heterocycles. The van der Waals surface area contributed by atoms with Crippen LogP contribution in [0.25, 0.3) is 5.57 Å². The van der Waals surface area contributed by atoms with E-state index in [2.05, 4.69) is 0 Å². The lowest BCUT2D eigenvalue weighted by Crippen LogP contribution is -2.52. The van der Waals surface area contributed by atoms with Gasteiger partial charge in [0.05, 0.1) is 28.6 Å². The van der Waals surface area contributed by atoms with Crippen molar-refractivity contribution in [1.29, 1.82) is 0 Å². The van der Waals surface area contributed by atoms with Crippen LogP contribution in [0.4, 0.5) is 0 Å². The highest BCUT2D eigenvalue weighted by atomic mass is 32.1. The number of ether oxygens (including phenoxy) is 1. The van der Waals surface area contributed by atoms with Crippen LogP contribution in [0.2, 0.25) is 0 Å². The summed E-state index contributed by atoms with van der Waals surface area (Å²) in [7, 11) is 0. The van der Waals surface area contributed by atoms with Crippen molar-refractivity contribution < 1.29 is 18.5 Å². The summed E-state index contributed by atoms with van der Waals surface area (Å²) in [4.78, 5) is 26.8. The van der Waals surface area contributed by atoms with Crippen LogP contribution >= 0.6 is 0 Å². The van der Waals surface area contributed by atoms with Crippen LogP contribution in [0, 0.1) is 0 Å². The summed E-state index contributed by atoms with van der Waals surface area (Å²) in [5.74, 6) is -0.756. The molecular formula is C20H15NO4S. The van der Waals surface area contributed by atoms with Crippen molar-refractivity contribution in [3.8, 4) is 0 Å².